The number of aromatic amines is 1. The summed E-state index contributed by atoms with van der Waals surface area (Å²) < 4.78 is 39.6. The van der Waals surface area contributed by atoms with Gasteiger partial charge in [-0.25, -0.2) is 0 Å². The van der Waals surface area contributed by atoms with E-state index in [1.54, 1.807) is 12.1 Å². The monoisotopic (exact) mass is 444 g/mol. The maximum absolute atomic E-state index is 13.2. The van der Waals surface area contributed by atoms with Crippen LogP contribution in [0.3, 0.4) is 0 Å². The molecule has 0 atom stereocenters. The van der Waals surface area contributed by atoms with E-state index in [0.717, 1.165) is 56.7 Å². The third kappa shape index (κ3) is 4.34. The molecule has 1 fully saturated rings. The van der Waals surface area contributed by atoms with Crippen LogP contribution in [-0.2, 0) is 6.18 Å². The maximum atomic E-state index is 13.2. The molecule has 0 unspecified atom stereocenters. The fraction of sp³-hybridized carbons (Fsp3) is 0.304. The summed E-state index contributed by atoms with van der Waals surface area (Å²) in [6.45, 7) is 7.01. The number of fused-ring (bicyclic) bond motifs is 1. The van der Waals surface area contributed by atoms with Gasteiger partial charge >= 0.3 is 6.18 Å². The molecule has 3 aromatic rings. The molecule has 0 saturated carbocycles. The van der Waals surface area contributed by atoms with Crippen LogP contribution in [0.2, 0.25) is 0 Å². The second kappa shape index (κ2) is 8.66. The lowest BCUT2D eigenvalue weighted by molar-refractivity contribution is -0.136. The smallest absolute Gasteiger partial charge is 0.369 e. The van der Waals surface area contributed by atoms with Gasteiger partial charge in [0.25, 0.3) is 5.91 Å². The van der Waals surface area contributed by atoms with Crippen molar-refractivity contribution in [1.29, 1.82) is 0 Å². The summed E-state index contributed by atoms with van der Waals surface area (Å²) in [7, 11) is 0. The Kier molecular flexibility index (Phi) is 5.92. The zero-order valence-electron chi connectivity index (χ0n) is 17.5. The molecular formula is C23H23F3N4O2. The number of benzene rings is 2. The van der Waals surface area contributed by atoms with E-state index in [2.05, 4.69) is 27.0 Å². The number of hydrogen-bond acceptors (Lipinski definition) is 4. The van der Waals surface area contributed by atoms with Crippen molar-refractivity contribution in [3.63, 3.8) is 0 Å². The average molecular weight is 444 g/mol. The van der Waals surface area contributed by atoms with Crippen LogP contribution in [0.1, 0.15) is 22.8 Å². The van der Waals surface area contributed by atoms with Crippen molar-refractivity contribution >= 4 is 28.2 Å². The number of halogens is 3. The van der Waals surface area contributed by atoms with Crippen molar-refractivity contribution < 1.29 is 18.0 Å². The molecule has 2 heterocycles. The number of amides is 1. The third-order valence-corrected chi connectivity index (χ3v) is 5.77. The highest BCUT2D eigenvalue weighted by Gasteiger charge is 2.33. The molecule has 2 aromatic carbocycles. The van der Waals surface area contributed by atoms with Gasteiger partial charge in [-0.3, -0.25) is 9.59 Å². The lowest BCUT2D eigenvalue weighted by atomic mass is 10.1. The van der Waals surface area contributed by atoms with Gasteiger partial charge in [-0.2, -0.15) is 13.2 Å². The van der Waals surface area contributed by atoms with Gasteiger partial charge in [0.05, 0.1) is 11.1 Å². The Balaban J connectivity index is 1.52. The molecule has 1 aromatic heterocycles. The molecule has 168 valence electrons. The summed E-state index contributed by atoms with van der Waals surface area (Å²) in [5.74, 6) is -0.685. The molecule has 1 amide bonds. The molecule has 0 spiro atoms. The average Bonchev–Trinajstić information content (AvgIpc) is 2.79. The number of pyridine rings is 1. The number of para-hydroxylation sites is 1. The first-order valence-corrected chi connectivity index (χ1v) is 10.4. The number of likely N-dealkylation sites (N-methyl/N-ethyl adjacent to an activating group) is 1. The Morgan fingerprint density at radius 2 is 1.75 bits per heavy atom. The standard InChI is InChI=1S/C23H23F3N4O2/c1-2-29-10-12-30(13-11-29)16-8-6-15(7-9-16)28-22(32)18-14-27-20-17(21(18)31)4-3-5-19(20)23(24,25)26/h3-9,14H,2,10-13H2,1H3,(H,27,31)(H,28,32). The van der Waals surface area contributed by atoms with Gasteiger partial charge in [0.1, 0.15) is 5.56 Å². The van der Waals surface area contributed by atoms with Gasteiger partial charge in [-0.15, -0.1) is 0 Å². The van der Waals surface area contributed by atoms with Crippen LogP contribution in [0.25, 0.3) is 10.9 Å². The van der Waals surface area contributed by atoms with E-state index in [4.69, 9.17) is 0 Å². The van der Waals surface area contributed by atoms with Crippen molar-refractivity contribution in [2.45, 2.75) is 13.1 Å². The fourth-order valence-corrected chi connectivity index (χ4v) is 3.93. The van der Waals surface area contributed by atoms with Gasteiger partial charge in [0, 0.05) is 49.1 Å². The van der Waals surface area contributed by atoms with Crippen LogP contribution in [0, 0.1) is 0 Å². The summed E-state index contributed by atoms with van der Waals surface area (Å²) >= 11 is 0. The number of aromatic nitrogens is 1. The Labute approximate surface area is 182 Å². The molecule has 1 aliphatic heterocycles. The minimum atomic E-state index is -4.61. The lowest BCUT2D eigenvalue weighted by Crippen LogP contribution is -2.46. The highest BCUT2D eigenvalue weighted by Crippen LogP contribution is 2.33. The number of carbonyl (C=O) groups excluding carboxylic acids is 1. The number of piperazine rings is 1. The van der Waals surface area contributed by atoms with Gasteiger partial charge < -0.3 is 20.1 Å². The number of alkyl halides is 3. The largest absolute Gasteiger partial charge is 0.418 e. The van der Waals surface area contributed by atoms with Crippen molar-refractivity contribution in [3.05, 3.63) is 70.0 Å². The topological polar surface area (TPSA) is 68.4 Å². The van der Waals surface area contributed by atoms with E-state index in [1.165, 1.54) is 6.07 Å². The van der Waals surface area contributed by atoms with Crippen LogP contribution >= 0.6 is 0 Å². The highest BCUT2D eigenvalue weighted by molar-refractivity contribution is 6.05. The third-order valence-electron chi connectivity index (χ3n) is 5.77. The Bertz CT molecular complexity index is 1180. The molecular weight excluding hydrogens is 421 g/mol. The second-order valence-electron chi connectivity index (χ2n) is 7.68. The zero-order chi connectivity index (χ0) is 22.9. The van der Waals surface area contributed by atoms with Crippen LogP contribution in [0.15, 0.2) is 53.5 Å². The normalized spacial score (nSPS) is 15.2. The molecule has 2 N–H and O–H groups in total. The van der Waals surface area contributed by atoms with Crippen LogP contribution in [0.4, 0.5) is 24.5 Å². The molecule has 0 aliphatic carbocycles. The first-order chi connectivity index (χ1) is 15.3. The first kappa shape index (κ1) is 21.9. The van der Waals surface area contributed by atoms with E-state index in [9.17, 15) is 22.8 Å². The zero-order valence-corrected chi connectivity index (χ0v) is 17.5. The van der Waals surface area contributed by atoms with Crippen LogP contribution in [-0.4, -0.2) is 48.5 Å². The summed E-state index contributed by atoms with van der Waals surface area (Å²) in [6.07, 6.45) is -3.59. The van der Waals surface area contributed by atoms with Crippen molar-refractivity contribution in [2.24, 2.45) is 0 Å². The molecule has 9 heteroatoms. The van der Waals surface area contributed by atoms with Gasteiger partial charge in [-0.05, 0) is 42.9 Å². The molecule has 1 aliphatic rings. The SMILES string of the molecule is CCN1CCN(c2ccc(NC(=O)c3c[nH]c4c(C(F)(F)F)cccc4c3=O)cc2)CC1. The summed E-state index contributed by atoms with van der Waals surface area (Å²) in [6, 6.07) is 10.6. The van der Waals surface area contributed by atoms with Crippen molar-refractivity contribution in [1.82, 2.24) is 9.88 Å². The quantitative estimate of drug-likeness (QED) is 0.640. The van der Waals surface area contributed by atoms with Gasteiger partial charge in [-0.1, -0.05) is 13.0 Å². The highest BCUT2D eigenvalue weighted by atomic mass is 19.4. The number of anilines is 2. The maximum Gasteiger partial charge on any atom is 0.418 e. The van der Waals surface area contributed by atoms with Crippen LogP contribution < -0.4 is 15.6 Å². The predicted octanol–water partition coefficient (Wildman–Crippen LogP) is 3.94. The summed E-state index contributed by atoms with van der Waals surface area (Å²) in [4.78, 5) is 32.5. The second-order valence-corrected chi connectivity index (χ2v) is 7.68. The minimum Gasteiger partial charge on any atom is -0.369 e. The summed E-state index contributed by atoms with van der Waals surface area (Å²) in [5.41, 5.74) is -0.760. The lowest BCUT2D eigenvalue weighted by Gasteiger charge is -2.35. The Hall–Kier alpha value is -3.33. The predicted molar refractivity (Wildman–Crippen MR) is 118 cm³/mol. The van der Waals surface area contributed by atoms with Gasteiger partial charge in [0.15, 0.2) is 0 Å². The summed E-state index contributed by atoms with van der Waals surface area (Å²) in [5, 5.41) is 2.46. The molecule has 6 nitrogen and oxygen atoms in total. The Morgan fingerprint density at radius 1 is 1.06 bits per heavy atom. The van der Waals surface area contributed by atoms with E-state index < -0.39 is 23.1 Å². The van der Waals surface area contributed by atoms with Crippen LogP contribution in [0.5, 0.6) is 0 Å². The molecule has 1 saturated heterocycles. The number of rotatable bonds is 4. The minimum absolute atomic E-state index is 0.186. The number of hydrogen-bond donors (Lipinski definition) is 2. The van der Waals surface area contributed by atoms with Gasteiger partial charge in [0.2, 0.25) is 5.43 Å². The molecule has 0 bridgehead atoms. The number of H-pyrrole nitrogens is 1. The van der Waals surface area contributed by atoms with E-state index >= 15 is 0 Å². The number of carbonyl (C=O) groups is 1. The van der Waals surface area contributed by atoms with E-state index in [1.807, 2.05) is 12.1 Å². The van der Waals surface area contributed by atoms with E-state index in [-0.39, 0.29) is 16.5 Å². The molecule has 0 radical (unpaired) electrons. The van der Waals surface area contributed by atoms with E-state index in [0.29, 0.717) is 5.69 Å². The van der Waals surface area contributed by atoms with Crippen molar-refractivity contribution in [3.8, 4) is 0 Å². The first-order valence-electron chi connectivity index (χ1n) is 10.4. The van der Waals surface area contributed by atoms with Crippen molar-refractivity contribution in [2.75, 3.05) is 42.9 Å². The molecule has 4 rings (SSSR count). The molecule has 32 heavy (non-hydrogen) atoms. The Morgan fingerprint density at radius 3 is 2.38 bits per heavy atom. The number of nitrogens with zero attached hydrogens (tertiary/aromatic N) is 2. The number of nitrogens with one attached hydrogen (secondary N) is 2. The fourth-order valence-electron chi connectivity index (χ4n) is 3.93.